The topological polar surface area (TPSA) is 89.2 Å². The first kappa shape index (κ1) is 19.3. The summed E-state index contributed by atoms with van der Waals surface area (Å²) in [4.78, 5) is 6.62. The molecule has 8 heteroatoms. The predicted molar refractivity (Wildman–Crippen MR) is 106 cm³/mol. The van der Waals surface area contributed by atoms with E-state index in [-0.39, 0.29) is 6.10 Å². The lowest BCUT2D eigenvalue weighted by molar-refractivity contribution is 0.0533. The lowest BCUT2D eigenvalue weighted by Gasteiger charge is -2.41. The number of nitrogens with one attached hydrogen (secondary N) is 1. The average molecular weight is 387 g/mol. The van der Waals surface area contributed by atoms with Gasteiger partial charge in [-0.1, -0.05) is 24.4 Å². The number of anilines is 1. The van der Waals surface area contributed by atoms with Crippen LogP contribution in [0.3, 0.4) is 0 Å². The smallest absolute Gasteiger partial charge is 0.261 e. The molecule has 1 saturated heterocycles. The zero-order chi connectivity index (χ0) is 19.5. The summed E-state index contributed by atoms with van der Waals surface area (Å²) in [7, 11) is 1.80. The lowest BCUT2D eigenvalue weighted by Crippen LogP contribution is -2.56. The molecule has 1 aliphatic heterocycles. The molecule has 2 atom stereocenters. The Kier molecular flexibility index (Phi) is 5.87. The van der Waals surface area contributed by atoms with Crippen LogP contribution in [-0.4, -0.2) is 58.7 Å². The van der Waals surface area contributed by atoms with Crippen LogP contribution in [0.4, 0.5) is 5.82 Å². The molecule has 2 unspecified atom stereocenters. The molecule has 1 aliphatic carbocycles. The highest BCUT2D eigenvalue weighted by molar-refractivity contribution is 5.70. The monoisotopic (exact) mass is 386 g/mol. The summed E-state index contributed by atoms with van der Waals surface area (Å²) in [6, 6.07) is 2.96. The van der Waals surface area contributed by atoms with E-state index in [4.69, 9.17) is 9.26 Å². The van der Waals surface area contributed by atoms with Crippen LogP contribution in [0.5, 0.6) is 0 Å². The largest absolute Gasteiger partial charge is 0.378 e. The molecule has 2 fully saturated rings. The van der Waals surface area contributed by atoms with Crippen molar-refractivity contribution in [3.63, 3.8) is 0 Å². The van der Waals surface area contributed by atoms with E-state index in [0.717, 1.165) is 36.6 Å². The normalized spacial score (nSPS) is 23.9. The highest BCUT2D eigenvalue weighted by atomic mass is 16.5. The molecule has 0 radical (unpaired) electrons. The van der Waals surface area contributed by atoms with Crippen molar-refractivity contribution in [2.24, 2.45) is 0 Å². The number of methoxy groups -OCH3 is 1. The average Bonchev–Trinajstić information content (AvgIpc) is 3.15. The molecule has 2 aliphatic rings. The number of hydrogen-bond donors (Lipinski definition) is 1. The molecule has 1 saturated carbocycles. The molecular weight excluding hydrogens is 356 g/mol. The standard InChI is InChI=1S/C20H30N6O2/c1-13-11-16(20-21-14(2)25-28-20)19(24-23-13)26-10-9-17(18(12-26)27-3)22-15-7-5-4-6-8-15/h11,15,17-18,22H,4-10,12H2,1-3H3. The van der Waals surface area contributed by atoms with Gasteiger partial charge in [-0.05, 0) is 39.2 Å². The molecule has 8 nitrogen and oxygen atoms in total. The minimum atomic E-state index is 0.107. The van der Waals surface area contributed by atoms with Gasteiger partial charge in [0.05, 0.1) is 17.4 Å². The van der Waals surface area contributed by atoms with Crippen LogP contribution in [0.1, 0.15) is 50.0 Å². The van der Waals surface area contributed by atoms with E-state index in [0.29, 0.717) is 23.8 Å². The van der Waals surface area contributed by atoms with Crippen molar-refractivity contribution in [3.05, 3.63) is 17.6 Å². The molecule has 0 spiro atoms. The van der Waals surface area contributed by atoms with Gasteiger partial charge in [-0.25, -0.2) is 0 Å². The van der Waals surface area contributed by atoms with Crippen molar-refractivity contribution in [1.29, 1.82) is 0 Å². The first-order valence-corrected chi connectivity index (χ1v) is 10.3. The van der Waals surface area contributed by atoms with Gasteiger partial charge in [-0.15, -0.1) is 5.10 Å². The molecule has 0 bridgehead atoms. The number of nitrogens with zero attached hydrogens (tertiary/aromatic N) is 5. The van der Waals surface area contributed by atoms with Gasteiger partial charge in [-0.2, -0.15) is 10.1 Å². The highest BCUT2D eigenvalue weighted by Crippen LogP contribution is 2.31. The van der Waals surface area contributed by atoms with Crippen LogP contribution in [0, 0.1) is 13.8 Å². The maximum absolute atomic E-state index is 5.87. The van der Waals surface area contributed by atoms with Gasteiger partial charge in [0.1, 0.15) is 0 Å². The summed E-state index contributed by atoms with van der Waals surface area (Å²) in [5.74, 6) is 1.88. The maximum Gasteiger partial charge on any atom is 0.261 e. The fourth-order valence-corrected chi connectivity index (χ4v) is 4.39. The molecule has 0 aromatic carbocycles. The number of rotatable bonds is 5. The van der Waals surface area contributed by atoms with Gasteiger partial charge >= 0.3 is 0 Å². The van der Waals surface area contributed by atoms with Crippen LogP contribution >= 0.6 is 0 Å². The van der Waals surface area contributed by atoms with Crippen molar-refractivity contribution >= 4 is 5.82 Å². The second kappa shape index (κ2) is 8.53. The minimum Gasteiger partial charge on any atom is -0.378 e. The summed E-state index contributed by atoms with van der Waals surface area (Å²) in [5, 5.41) is 16.5. The molecular formula is C20H30N6O2. The maximum atomic E-state index is 5.87. The van der Waals surface area contributed by atoms with Crippen molar-refractivity contribution in [3.8, 4) is 11.5 Å². The van der Waals surface area contributed by atoms with Crippen molar-refractivity contribution in [2.75, 3.05) is 25.1 Å². The van der Waals surface area contributed by atoms with E-state index in [1.165, 1.54) is 32.1 Å². The number of aromatic nitrogens is 4. The Morgan fingerprint density at radius 2 is 1.96 bits per heavy atom. The van der Waals surface area contributed by atoms with Crippen molar-refractivity contribution in [2.45, 2.75) is 70.6 Å². The Balaban J connectivity index is 1.51. The Hall–Kier alpha value is -2.06. The number of ether oxygens (including phenoxy) is 1. The third-order valence-electron chi connectivity index (χ3n) is 5.87. The third kappa shape index (κ3) is 4.17. The SMILES string of the molecule is COC1CN(c2nnc(C)cc2-c2nc(C)no2)CCC1NC1CCCCC1. The third-order valence-corrected chi connectivity index (χ3v) is 5.87. The van der Waals surface area contributed by atoms with Gasteiger partial charge in [-0.3, -0.25) is 0 Å². The van der Waals surface area contributed by atoms with E-state index in [9.17, 15) is 0 Å². The molecule has 0 amide bonds. The lowest BCUT2D eigenvalue weighted by atomic mass is 9.92. The highest BCUT2D eigenvalue weighted by Gasteiger charge is 2.33. The van der Waals surface area contributed by atoms with Crippen LogP contribution in [0.15, 0.2) is 10.6 Å². The van der Waals surface area contributed by atoms with E-state index in [1.807, 2.05) is 19.9 Å². The summed E-state index contributed by atoms with van der Waals surface area (Å²) in [6.07, 6.45) is 7.71. The molecule has 1 N–H and O–H groups in total. The Bertz CT molecular complexity index is 789. The van der Waals surface area contributed by atoms with Gasteiger partial charge < -0.3 is 19.5 Å². The van der Waals surface area contributed by atoms with Gasteiger partial charge in [0, 0.05) is 32.3 Å². The van der Waals surface area contributed by atoms with E-state index in [1.54, 1.807) is 7.11 Å². The second-order valence-corrected chi connectivity index (χ2v) is 7.99. The molecule has 2 aromatic heterocycles. The summed E-state index contributed by atoms with van der Waals surface area (Å²) in [6.45, 7) is 5.39. The van der Waals surface area contributed by atoms with Gasteiger partial charge in [0.15, 0.2) is 11.6 Å². The first-order valence-electron chi connectivity index (χ1n) is 10.3. The van der Waals surface area contributed by atoms with E-state index < -0.39 is 0 Å². The second-order valence-electron chi connectivity index (χ2n) is 7.99. The van der Waals surface area contributed by atoms with Crippen LogP contribution in [-0.2, 0) is 4.74 Å². The summed E-state index contributed by atoms with van der Waals surface area (Å²) < 4.78 is 11.3. The summed E-state index contributed by atoms with van der Waals surface area (Å²) >= 11 is 0. The Labute approximate surface area is 166 Å². The fourth-order valence-electron chi connectivity index (χ4n) is 4.39. The van der Waals surface area contributed by atoms with E-state index >= 15 is 0 Å². The molecule has 2 aromatic rings. The van der Waals surface area contributed by atoms with Crippen LogP contribution < -0.4 is 10.2 Å². The Morgan fingerprint density at radius 3 is 2.68 bits per heavy atom. The fraction of sp³-hybridized carbons (Fsp3) is 0.700. The zero-order valence-corrected chi connectivity index (χ0v) is 17.0. The van der Waals surface area contributed by atoms with Crippen molar-refractivity contribution in [1.82, 2.24) is 25.7 Å². The zero-order valence-electron chi connectivity index (χ0n) is 17.0. The van der Waals surface area contributed by atoms with Crippen LogP contribution in [0.25, 0.3) is 11.5 Å². The van der Waals surface area contributed by atoms with Gasteiger partial charge in [0.25, 0.3) is 5.89 Å². The predicted octanol–water partition coefficient (Wildman–Crippen LogP) is 2.66. The van der Waals surface area contributed by atoms with Gasteiger partial charge in [0.2, 0.25) is 0 Å². The Morgan fingerprint density at radius 1 is 1.14 bits per heavy atom. The van der Waals surface area contributed by atoms with Crippen molar-refractivity contribution < 1.29 is 9.26 Å². The molecule has 3 heterocycles. The molecule has 152 valence electrons. The van der Waals surface area contributed by atoms with E-state index in [2.05, 4.69) is 30.6 Å². The quantitative estimate of drug-likeness (QED) is 0.839. The molecule has 4 rings (SSSR count). The summed E-state index contributed by atoms with van der Waals surface area (Å²) in [5.41, 5.74) is 1.66. The van der Waals surface area contributed by atoms with Crippen LogP contribution in [0.2, 0.25) is 0 Å². The molecule has 28 heavy (non-hydrogen) atoms. The number of piperidine rings is 1. The number of hydrogen-bond acceptors (Lipinski definition) is 8. The minimum absolute atomic E-state index is 0.107. The first-order chi connectivity index (χ1) is 13.6. The number of aryl methyl sites for hydroxylation is 2.